The van der Waals surface area contributed by atoms with E-state index in [1.807, 2.05) is 24.4 Å². The van der Waals surface area contributed by atoms with E-state index in [-0.39, 0.29) is 19.1 Å². The van der Waals surface area contributed by atoms with Crippen LogP contribution in [-0.2, 0) is 25.5 Å². The largest absolute Gasteiger partial charge is 0.465 e. The Morgan fingerprint density at radius 2 is 1.71 bits per heavy atom. The monoisotopic (exact) mass is 377 g/mol. The smallest absolute Gasteiger partial charge is 0.327 e. The third-order valence-electron chi connectivity index (χ3n) is 5.59. The minimum absolute atomic E-state index is 0.0143. The van der Waals surface area contributed by atoms with Crippen LogP contribution in [0.15, 0.2) is 48.8 Å². The predicted octanol–water partition coefficient (Wildman–Crippen LogP) is 3.82. The third kappa shape index (κ3) is 2.82. The summed E-state index contributed by atoms with van der Waals surface area (Å²) in [5, 5.41) is 0. The number of nitrogens with zero attached hydrogens (tertiary/aromatic N) is 1. The molecule has 0 spiro atoms. The minimum atomic E-state index is -1.39. The van der Waals surface area contributed by atoms with Gasteiger partial charge in [0.15, 0.2) is 5.41 Å². The van der Waals surface area contributed by atoms with Gasteiger partial charge in [-0.2, -0.15) is 0 Å². The van der Waals surface area contributed by atoms with Gasteiger partial charge in [0.2, 0.25) is 0 Å². The van der Waals surface area contributed by atoms with Gasteiger partial charge in [-0.05, 0) is 66.5 Å². The Bertz CT molecular complexity index is 945. The van der Waals surface area contributed by atoms with Gasteiger partial charge in [0.1, 0.15) is 0 Å². The lowest BCUT2D eigenvalue weighted by molar-refractivity contribution is -0.168. The second kappa shape index (κ2) is 7.23. The molecule has 5 nitrogen and oxygen atoms in total. The Labute approximate surface area is 164 Å². The first-order chi connectivity index (χ1) is 13.6. The number of hydrogen-bond acceptors (Lipinski definition) is 5. The fraction of sp³-hybridized carbons (Fsp3) is 0.348. The Hall–Kier alpha value is -2.95. The number of allylic oxidation sites excluding steroid dienone is 1. The van der Waals surface area contributed by atoms with Gasteiger partial charge in [-0.3, -0.25) is 14.6 Å². The molecule has 28 heavy (non-hydrogen) atoms. The van der Waals surface area contributed by atoms with E-state index in [2.05, 4.69) is 17.1 Å². The lowest BCUT2D eigenvalue weighted by Crippen LogP contribution is -2.39. The van der Waals surface area contributed by atoms with Crippen LogP contribution in [0.4, 0.5) is 0 Å². The molecule has 0 saturated carbocycles. The summed E-state index contributed by atoms with van der Waals surface area (Å²) in [6.07, 6.45) is 6.54. The van der Waals surface area contributed by atoms with Gasteiger partial charge >= 0.3 is 11.9 Å². The minimum Gasteiger partial charge on any atom is -0.465 e. The van der Waals surface area contributed by atoms with Crippen molar-refractivity contribution in [1.82, 2.24) is 4.98 Å². The summed E-state index contributed by atoms with van der Waals surface area (Å²) >= 11 is 0. The Morgan fingerprint density at radius 1 is 1.04 bits per heavy atom. The highest BCUT2D eigenvalue weighted by Crippen LogP contribution is 2.51. The molecule has 0 amide bonds. The molecule has 1 aromatic heterocycles. The quantitative estimate of drug-likeness (QED) is 0.599. The van der Waals surface area contributed by atoms with Gasteiger partial charge in [-0.1, -0.05) is 30.3 Å². The number of carbonyl (C=O) groups excluding carboxylic acids is 2. The zero-order valence-corrected chi connectivity index (χ0v) is 16.1. The van der Waals surface area contributed by atoms with Crippen molar-refractivity contribution in [3.63, 3.8) is 0 Å². The second-order valence-corrected chi connectivity index (χ2v) is 7.20. The van der Waals surface area contributed by atoms with Crippen molar-refractivity contribution in [2.45, 2.75) is 26.7 Å². The summed E-state index contributed by atoms with van der Waals surface area (Å²) < 4.78 is 10.6. The first kappa shape index (κ1) is 18.4. The van der Waals surface area contributed by atoms with E-state index in [0.717, 1.165) is 27.8 Å². The maximum atomic E-state index is 12.9. The SMILES string of the molecule is CCOC(=O)C1(C(=O)OCC)C=C2c3ccccc3-c3ccncc3CC2C1. The molecule has 2 aliphatic carbocycles. The maximum Gasteiger partial charge on any atom is 0.327 e. The number of carbonyl (C=O) groups is 2. The molecule has 0 fully saturated rings. The van der Waals surface area contributed by atoms with Crippen LogP contribution >= 0.6 is 0 Å². The van der Waals surface area contributed by atoms with E-state index in [1.165, 1.54) is 0 Å². The molecule has 1 unspecified atom stereocenters. The molecule has 1 aromatic carbocycles. The molecule has 2 aromatic rings. The first-order valence-electron chi connectivity index (χ1n) is 9.70. The number of fused-ring (bicyclic) bond motifs is 5. The van der Waals surface area contributed by atoms with Crippen LogP contribution in [0.2, 0.25) is 0 Å². The number of aromatic nitrogens is 1. The summed E-state index contributed by atoms with van der Waals surface area (Å²) in [4.78, 5) is 30.1. The Balaban J connectivity index is 1.89. The zero-order valence-electron chi connectivity index (χ0n) is 16.1. The van der Waals surface area contributed by atoms with Gasteiger partial charge < -0.3 is 9.47 Å². The van der Waals surface area contributed by atoms with Gasteiger partial charge in [0.05, 0.1) is 13.2 Å². The number of esters is 2. The van der Waals surface area contributed by atoms with Gasteiger partial charge in [-0.25, -0.2) is 0 Å². The molecular weight excluding hydrogens is 354 g/mol. The van der Waals surface area contributed by atoms with Gasteiger partial charge in [0.25, 0.3) is 0 Å². The molecule has 1 heterocycles. The molecule has 0 aliphatic heterocycles. The standard InChI is InChI=1S/C23H23NO4/c1-3-27-21(25)23(22(26)28-4-2)12-15-11-16-14-24-10-9-17(16)18-7-5-6-8-19(18)20(15)13-23/h5-10,13-15H,3-4,11-12H2,1-2H3. The molecule has 144 valence electrons. The number of rotatable bonds is 4. The van der Waals surface area contributed by atoms with Crippen molar-refractivity contribution in [3.8, 4) is 11.1 Å². The molecule has 0 saturated heterocycles. The molecule has 0 N–H and O–H groups in total. The van der Waals surface area contributed by atoms with Crippen molar-refractivity contribution in [2.75, 3.05) is 13.2 Å². The molecule has 4 rings (SSSR count). The van der Waals surface area contributed by atoms with Gasteiger partial charge in [-0.15, -0.1) is 0 Å². The lowest BCUT2D eigenvalue weighted by Gasteiger charge is -2.24. The zero-order chi connectivity index (χ0) is 19.7. The average molecular weight is 377 g/mol. The molecule has 2 aliphatic rings. The van der Waals surface area contributed by atoms with Crippen molar-refractivity contribution in [1.29, 1.82) is 0 Å². The van der Waals surface area contributed by atoms with Crippen LogP contribution in [0.3, 0.4) is 0 Å². The number of hydrogen-bond donors (Lipinski definition) is 0. The number of pyridine rings is 1. The van der Waals surface area contributed by atoms with Crippen LogP contribution in [0.5, 0.6) is 0 Å². The van der Waals surface area contributed by atoms with Gasteiger partial charge in [0, 0.05) is 12.4 Å². The number of ether oxygens (including phenoxy) is 2. The number of benzene rings is 1. The third-order valence-corrected chi connectivity index (χ3v) is 5.59. The fourth-order valence-corrected chi connectivity index (χ4v) is 4.40. The van der Waals surface area contributed by atoms with E-state index in [4.69, 9.17) is 9.47 Å². The normalized spacial score (nSPS) is 18.8. The molecule has 5 heteroatoms. The molecular formula is C23H23NO4. The highest BCUT2D eigenvalue weighted by Gasteiger charge is 2.54. The topological polar surface area (TPSA) is 65.5 Å². The average Bonchev–Trinajstić information content (AvgIpc) is 3.04. The summed E-state index contributed by atoms with van der Waals surface area (Å²) in [7, 11) is 0. The Morgan fingerprint density at radius 3 is 2.39 bits per heavy atom. The van der Waals surface area contributed by atoms with Crippen LogP contribution < -0.4 is 0 Å². The highest BCUT2D eigenvalue weighted by molar-refractivity contribution is 6.06. The molecule has 0 bridgehead atoms. The Kier molecular flexibility index (Phi) is 4.75. The van der Waals surface area contributed by atoms with Crippen molar-refractivity contribution in [3.05, 3.63) is 59.9 Å². The molecule has 0 radical (unpaired) electrons. The van der Waals surface area contributed by atoms with Crippen molar-refractivity contribution in [2.24, 2.45) is 11.3 Å². The van der Waals surface area contributed by atoms with E-state index in [9.17, 15) is 9.59 Å². The maximum absolute atomic E-state index is 12.9. The van der Waals surface area contributed by atoms with Crippen molar-refractivity contribution < 1.29 is 19.1 Å². The van der Waals surface area contributed by atoms with E-state index in [0.29, 0.717) is 12.8 Å². The summed E-state index contributed by atoms with van der Waals surface area (Å²) in [5.74, 6) is -1.05. The summed E-state index contributed by atoms with van der Waals surface area (Å²) in [5.41, 5.74) is 4.03. The summed E-state index contributed by atoms with van der Waals surface area (Å²) in [6, 6.07) is 10.1. The first-order valence-corrected chi connectivity index (χ1v) is 9.70. The summed E-state index contributed by atoms with van der Waals surface area (Å²) in [6.45, 7) is 3.93. The fourth-order valence-electron chi connectivity index (χ4n) is 4.40. The van der Waals surface area contributed by atoms with Crippen LogP contribution in [-0.4, -0.2) is 30.1 Å². The van der Waals surface area contributed by atoms with Crippen LogP contribution in [0.25, 0.3) is 16.7 Å². The van der Waals surface area contributed by atoms with Crippen LogP contribution in [0.1, 0.15) is 31.4 Å². The van der Waals surface area contributed by atoms with E-state index < -0.39 is 17.4 Å². The lowest BCUT2D eigenvalue weighted by atomic mass is 9.83. The highest BCUT2D eigenvalue weighted by atomic mass is 16.6. The van der Waals surface area contributed by atoms with E-state index >= 15 is 0 Å². The van der Waals surface area contributed by atoms with Crippen molar-refractivity contribution >= 4 is 17.5 Å². The second-order valence-electron chi connectivity index (χ2n) is 7.20. The van der Waals surface area contributed by atoms with E-state index in [1.54, 1.807) is 26.1 Å². The molecule has 1 atom stereocenters. The predicted molar refractivity (Wildman–Crippen MR) is 105 cm³/mol. The van der Waals surface area contributed by atoms with Crippen LogP contribution in [0, 0.1) is 11.3 Å².